The molecule has 11 heteroatoms. The van der Waals surface area contributed by atoms with Gasteiger partial charge in [0.2, 0.25) is 5.82 Å². The minimum absolute atomic E-state index is 0.186. The van der Waals surface area contributed by atoms with Gasteiger partial charge in [0, 0.05) is 56.4 Å². The minimum Gasteiger partial charge on any atom is -0.383 e. The standard InChI is InChI=1S/C33H27FN10/c34-24-4-1-3-23(19-24)27-10-11-28-33(39-27)44(32(40-28)26-5-2-13-38-31(26)36)25-8-6-22(7-9-25)21-42-15-17-43(18-16-42)30-12-14-37-29(20-35)41-30/h1-14,19H,15-18,21H2,(H2,36,38). The van der Waals surface area contributed by atoms with E-state index in [-0.39, 0.29) is 11.6 Å². The smallest absolute Gasteiger partial charge is 0.234 e. The summed E-state index contributed by atoms with van der Waals surface area (Å²) in [5.41, 5.74) is 11.7. The summed E-state index contributed by atoms with van der Waals surface area (Å²) in [6.45, 7) is 4.18. The second-order valence-electron chi connectivity index (χ2n) is 10.5. The van der Waals surface area contributed by atoms with Crippen molar-refractivity contribution in [3.8, 4) is 34.4 Å². The molecule has 0 spiro atoms. The third kappa shape index (κ3) is 5.30. The van der Waals surface area contributed by atoms with E-state index < -0.39 is 0 Å². The molecule has 0 unspecified atom stereocenters. The molecule has 2 aromatic carbocycles. The van der Waals surface area contributed by atoms with E-state index in [1.165, 1.54) is 17.7 Å². The lowest BCUT2D eigenvalue weighted by Crippen LogP contribution is -2.46. The first-order chi connectivity index (χ1) is 21.6. The van der Waals surface area contributed by atoms with Gasteiger partial charge in [0.25, 0.3) is 0 Å². The Kier molecular flexibility index (Phi) is 7.09. The van der Waals surface area contributed by atoms with Crippen LogP contribution in [-0.4, -0.2) is 60.6 Å². The predicted octanol–water partition coefficient (Wildman–Crippen LogP) is 4.85. The molecule has 10 nitrogen and oxygen atoms in total. The summed E-state index contributed by atoms with van der Waals surface area (Å²) in [7, 11) is 0. The first kappa shape index (κ1) is 27.1. The maximum Gasteiger partial charge on any atom is 0.234 e. The number of piperazine rings is 1. The van der Waals surface area contributed by atoms with E-state index in [1.54, 1.807) is 18.5 Å². The summed E-state index contributed by atoms with van der Waals surface area (Å²) in [5, 5.41) is 9.12. The number of pyridine rings is 2. The largest absolute Gasteiger partial charge is 0.383 e. The number of nitriles is 1. The number of benzene rings is 2. The van der Waals surface area contributed by atoms with Gasteiger partial charge in [-0.15, -0.1) is 0 Å². The van der Waals surface area contributed by atoms with Gasteiger partial charge in [-0.3, -0.25) is 9.47 Å². The Morgan fingerprint density at radius 1 is 0.841 bits per heavy atom. The summed E-state index contributed by atoms with van der Waals surface area (Å²) in [4.78, 5) is 27.0. The third-order valence-electron chi connectivity index (χ3n) is 7.74. The molecule has 5 heterocycles. The summed E-state index contributed by atoms with van der Waals surface area (Å²) < 4.78 is 16.0. The Balaban J connectivity index is 1.17. The van der Waals surface area contributed by atoms with Gasteiger partial charge in [-0.2, -0.15) is 5.26 Å². The normalized spacial score (nSPS) is 13.7. The summed E-state index contributed by atoms with van der Waals surface area (Å²) in [5.74, 6) is 1.65. The van der Waals surface area contributed by atoms with E-state index in [4.69, 9.17) is 21.0 Å². The molecular formula is C33H27FN10. The van der Waals surface area contributed by atoms with Crippen LogP contribution < -0.4 is 10.6 Å². The lowest BCUT2D eigenvalue weighted by atomic mass is 10.1. The van der Waals surface area contributed by atoms with Crippen LogP contribution in [0.1, 0.15) is 11.4 Å². The maximum atomic E-state index is 14.0. The Morgan fingerprint density at radius 3 is 2.45 bits per heavy atom. The van der Waals surface area contributed by atoms with Crippen LogP contribution in [0.5, 0.6) is 0 Å². The van der Waals surface area contributed by atoms with Crippen LogP contribution in [0.25, 0.3) is 39.5 Å². The van der Waals surface area contributed by atoms with Gasteiger partial charge in [-0.25, -0.2) is 29.3 Å². The number of aromatic nitrogens is 6. The average Bonchev–Trinajstić information content (AvgIpc) is 3.44. The van der Waals surface area contributed by atoms with Crippen molar-refractivity contribution in [2.24, 2.45) is 0 Å². The summed E-state index contributed by atoms with van der Waals surface area (Å²) in [6.07, 6.45) is 3.28. The van der Waals surface area contributed by atoms with E-state index in [9.17, 15) is 4.39 Å². The molecular weight excluding hydrogens is 555 g/mol. The van der Waals surface area contributed by atoms with Crippen LogP contribution >= 0.6 is 0 Å². The number of nitrogens with two attached hydrogens (primary N) is 1. The van der Waals surface area contributed by atoms with Crippen LogP contribution in [0.4, 0.5) is 16.0 Å². The van der Waals surface area contributed by atoms with Crippen molar-refractivity contribution in [1.29, 1.82) is 5.26 Å². The van der Waals surface area contributed by atoms with Crippen molar-refractivity contribution in [3.05, 3.63) is 108 Å². The van der Waals surface area contributed by atoms with Gasteiger partial charge in [-0.05, 0) is 60.2 Å². The van der Waals surface area contributed by atoms with Crippen LogP contribution in [0, 0.1) is 17.1 Å². The highest BCUT2D eigenvalue weighted by Gasteiger charge is 2.21. The molecule has 2 N–H and O–H groups in total. The van der Waals surface area contributed by atoms with Crippen LogP contribution in [0.2, 0.25) is 0 Å². The number of nitrogens with zero attached hydrogens (tertiary/aromatic N) is 9. The van der Waals surface area contributed by atoms with Crippen LogP contribution in [-0.2, 0) is 6.54 Å². The SMILES string of the molecule is N#Cc1nccc(N2CCN(Cc3ccc(-n4c(-c5cccnc5N)nc5ccc(-c6cccc(F)c6)nc54)cc3)CC2)n1. The fourth-order valence-electron chi connectivity index (χ4n) is 5.52. The van der Waals surface area contributed by atoms with E-state index in [2.05, 4.69) is 49.0 Å². The molecule has 1 aliphatic heterocycles. The summed E-state index contributed by atoms with van der Waals surface area (Å²) in [6, 6.07) is 26.1. The van der Waals surface area contributed by atoms with Crippen LogP contribution in [0.3, 0.4) is 0 Å². The molecule has 0 bridgehead atoms. The second-order valence-corrected chi connectivity index (χ2v) is 10.5. The third-order valence-corrected chi connectivity index (χ3v) is 7.74. The predicted molar refractivity (Wildman–Crippen MR) is 166 cm³/mol. The number of fused-ring (bicyclic) bond motifs is 1. The topological polar surface area (TPSA) is 126 Å². The highest BCUT2D eigenvalue weighted by atomic mass is 19.1. The monoisotopic (exact) mass is 582 g/mol. The van der Waals surface area contributed by atoms with Crippen molar-refractivity contribution in [3.63, 3.8) is 0 Å². The van der Waals surface area contributed by atoms with Gasteiger partial charge < -0.3 is 10.6 Å². The molecule has 1 saturated heterocycles. The van der Waals surface area contributed by atoms with Gasteiger partial charge in [0.05, 0.1) is 11.3 Å². The van der Waals surface area contributed by atoms with E-state index in [1.807, 2.05) is 47.0 Å². The van der Waals surface area contributed by atoms with E-state index in [0.29, 0.717) is 39.6 Å². The fourth-order valence-corrected chi connectivity index (χ4v) is 5.52. The quantitative estimate of drug-likeness (QED) is 0.293. The molecule has 44 heavy (non-hydrogen) atoms. The number of hydrogen-bond acceptors (Lipinski definition) is 9. The Hall–Kier alpha value is -5.73. The molecule has 0 aliphatic carbocycles. The fraction of sp³-hybridized carbons (Fsp3) is 0.152. The van der Waals surface area contributed by atoms with Crippen LogP contribution in [0.15, 0.2) is 91.3 Å². The molecule has 1 aliphatic rings. The van der Waals surface area contributed by atoms with Gasteiger partial charge in [0.1, 0.15) is 29.0 Å². The number of nitrogen functional groups attached to an aromatic ring is 1. The molecule has 6 aromatic rings. The molecule has 7 rings (SSSR count). The number of hydrogen-bond donors (Lipinski definition) is 1. The number of imidazole rings is 1. The minimum atomic E-state index is -0.319. The number of rotatable bonds is 6. The van der Waals surface area contributed by atoms with E-state index in [0.717, 1.165) is 44.2 Å². The molecule has 0 atom stereocenters. The second kappa shape index (κ2) is 11.5. The Labute approximate surface area is 252 Å². The zero-order valence-electron chi connectivity index (χ0n) is 23.7. The van der Waals surface area contributed by atoms with Gasteiger partial charge in [0.15, 0.2) is 11.5 Å². The Bertz CT molecular complexity index is 2010. The average molecular weight is 583 g/mol. The Morgan fingerprint density at radius 2 is 1.68 bits per heavy atom. The number of anilines is 2. The zero-order valence-corrected chi connectivity index (χ0v) is 23.7. The van der Waals surface area contributed by atoms with Crippen molar-refractivity contribution in [2.75, 3.05) is 36.8 Å². The van der Waals surface area contributed by atoms with Crippen molar-refractivity contribution < 1.29 is 4.39 Å². The lowest BCUT2D eigenvalue weighted by molar-refractivity contribution is 0.249. The van der Waals surface area contributed by atoms with Gasteiger partial charge >= 0.3 is 0 Å². The zero-order chi connectivity index (χ0) is 30.0. The van der Waals surface area contributed by atoms with Crippen molar-refractivity contribution in [1.82, 2.24) is 34.4 Å². The molecule has 0 saturated carbocycles. The molecule has 216 valence electrons. The lowest BCUT2D eigenvalue weighted by Gasteiger charge is -2.35. The molecule has 0 radical (unpaired) electrons. The number of halogens is 1. The first-order valence-electron chi connectivity index (χ1n) is 14.2. The highest BCUT2D eigenvalue weighted by molar-refractivity contribution is 5.84. The highest BCUT2D eigenvalue weighted by Crippen LogP contribution is 2.32. The van der Waals surface area contributed by atoms with Crippen molar-refractivity contribution in [2.45, 2.75) is 6.54 Å². The maximum absolute atomic E-state index is 14.0. The van der Waals surface area contributed by atoms with Gasteiger partial charge in [-0.1, -0.05) is 24.3 Å². The molecule has 0 amide bonds. The van der Waals surface area contributed by atoms with E-state index >= 15 is 0 Å². The first-order valence-corrected chi connectivity index (χ1v) is 14.2. The molecule has 4 aromatic heterocycles. The summed E-state index contributed by atoms with van der Waals surface area (Å²) >= 11 is 0. The molecule has 1 fully saturated rings. The van der Waals surface area contributed by atoms with Crippen molar-refractivity contribution >= 4 is 22.8 Å².